The van der Waals surface area contributed by atoms with Gasteiger partial charge in [-0.15, -0.1) is 0 Å². The van der Waals surface area contributed by atoms with E-state index in [-0.39, 0.29) is 17.4 Å². The van der Waals surface area contributed by atoms with Crippen molar-refractivity contribution in [3.05, 3.63) is 53.6 Å². The van der Waals surface area contributed by atoms with E-state index in [0.29, 0.717) is 16.8 Å². The first-order valence-electron chi connectivity index (χ1n) is 5.47. The summed E-state index contributed by atoms with van der Waals surface area (Å²) in [6.45, 7) is 1.72. The Bertz CT molecular complexity index is 593. The number of hydrogen-bond donors (Lipinski definition) is 3. The Balaban J connectivity index is 2.24. The fourth-order valence-corrected chi connectivity index (χ4v) is 1.60. The molecule has 0 atom stereocenters. The number of phenolic OH excluding ortho intramolecular Hbond substituents is 2. The Morgan fingerprint density at radius 2 is 1.83 bits per heavy atom. The fourth-order valence-electron chi connectivity index (χ4n) is 1.60. The molecule has 0 aromatic heterocycles. The normalized spacial score (nSPS) is 10.1. The zero-order valence-corrected chi connectivity index (χ0v) is 9.84. The van der Waals surface area contributed by atoms with Gasteiger partial charge in [0.05, 0.1) is 0 Å². The minimum absolute atomic E-state index is 0.0373. The van der Waals surface area contributed by atoms with Gasteiger partial charge in [-0.3, -0.25) is 4.79 Å². The monoisotopic (exact) mass is 243 g/mol. The smallest absolute Gasteiger partial charge is 0.255 e. The van der Waals surface area contributed by atoms with Gasteiger partial charge in [0.25, 0.3) is 5.91 Å². The van der Waals surface area contributed by atoms with Crippen molar-refractivity contribution in [3.8, 4) is 11.5 Å². The Hall–Kier alpha value is -2.49. The second-order valence-electron chi connectivity index (χ2n) is 3.95. The van der Waals surface area contributed by atoms with Crippen molar-refractivity contribution in [3.63, 3.8) is 0 Å². The first-order chi connectivity index (χ1) is 8.58. The Morgan fingerprint density at radius 3 is 2.56 bits per heavy atom. The summed E-state index contributed by atoms with van der Waals surface area (Å²) in [6, 6.07) is 11.0. The fraction of sp³-hybridized carbons (Fsp3) is 0.0714. The third-order valence-corrected chi connectivity index (χ3v) is 2.66. The van der Waals surface area contributed by atoms with E-state index in [9.17, 15) is 15.0 Å². The van der Waals surface area contributed by atoms with Gasteiger partial charge in [-0.25, -0.2) is 0 Å². The molecule has 2 rings (SSSR count). The van der Waals surface area contributed by atoms with Gasteiger partial charge in [-0.2, -0.15) is 0 Å². The number of carbonyl (C=O) groups excluding carboxylic acids is 1. The molecule has 0 saturated carbocycles. The quantitative estimate of drug-likeness (QED) is 0.759. The van der Waals surface area contributed by atoms with Crippen LogP contribution in [0.3, 0.4) is 0 Å². The maximum absolute atomic E-state index is 11.9. The van der Waals surface area contributed by atoms with Crippen molar-refractivity contribution in [2.75, 3.05) is 5.32 Å². The van der Waals surface area contributed by atoms with Gasteiger partial charge in [0.2, 0.25) is 0 Å². The van der Waals surface area contributed by atoms with Crippen LogP contribution >= 0.6 is 0 Å². The Kier molecular flexibility index (Phi) is 3.19. The van der Waals surface area contributed by atoms with Crippen LogP contribution in [0.2, 0.25) is 0 Å². The first kappa shape index (κ1) is 12.0. The molecule has 0 aliphatic heterocycles. The lowest BCUT2D eigenvalue weighted by molar-refractivity contribution is 0.102. The average molecular weight is 243 g/mol. The standard InChI is InChI=1S/C14H13NO3/c1-9-12(6-3-7-13(9)17)15-14(18)10-4-2-5-11(16)8-10/h2-8,16-17H,1H3,(H,15,18). The zero-order chi connectivity index (χ0) is 13.1. The SMILES string of the molecule is Cc1c(O)cccc1NC(=O)c1cccc(O)c1. The van der Waals surface area contributed by atoms with Crippen molar-refractivity contribution >= 4 is 11.6 Å². The van der Waals surface area contributed by atoms with Gasteiger partial charge in [0.1, 0.15) is 11.5 Å². The third-order valence-electron chi connectivity index (χ3n) is 2.66. The van der Waals surface area contributed by atoms with Crippen LogP contribution in [-0.2, 0) is 0 Å². The summed E-state index contributed by atoms with van der Waals surface area (Å²) < 4.78 is 0. The average Bonchev–Trinajstić information content (AvgIpc) is 2.35. The third kappa shape index (κ3) is 2.43. The summed E-state index contributed by atoms with van der Waals surface area (Å²) in [4.78, 5) is 11.9. The summed E-state index contributed by atoms with van der Waals surface area (Å²) in [5.74, 6) is -0.168. The molecule has 92 valence electrons. The van der Waals surface area contributed by atoms with Crippen LogP contribution in [-0.4, -0.2) is 16.1 Å². The summed E-state index contributed by atoms with van der Waals surface area (Å²) in [7, 11) is 0. The second kappa shape index (κ2) is 4.79. The molecule has 0 unspecified atom stereocenters. The lowest BCUT2D eigenvalue weighted by Crippen LogP contribution is -2.12. The highest BCUT2D eigenvalue weighted by Crippen LogP contribution is 2.24. The van der Waals surface area contributed by atoms with Crippen LogP contribution in [0.15, 0.2) is 42.5 Å². The van der Waals surface area contributed by atoms with E-state index in [2.05, 4.69) is 5.32 Å². The van der Waals surface area contributed by atoms with Gasteiger partial charge in [-0.05, 0) is 37.3 Å². The van der Waals surface area contributed by atoms with E-state index in [1.54, 1.807) is 37.3 Å². The van der Waals surface area contributed by atoms with Gasteiger partial charge in [0, 0.05) is 16.8 Å². The number of amides is 1. The van der Waals surface area contributed by atoms with Gasteiger partial charge in [0.15, 0.2) is 0 Å². The topological polar surface area (TPSA) is 69.6 Å². The summed E-state index contributed by atoms with van der Waals surface area (Å²) in [5.41, 5.74) is 1.51. The van der Waals surface area contributed by atoms with Crippen molar-refractivity contribution in [2.24, 2.45) is 0 Å². The predicted molar refractivity (Wildman–Crippen MR) is 68.9 cm³/mol. The highest BCUT2D eigenvalue weighted by molar-refractivity contribution is 6.05. The van der Waals surface area contributed by atoms with E-state index < -0.39 is 0 Å². The van der Waals surface area contributed by atoms with E-state index in [4.69, 9.17) is 0 Å². The number of hydrogen-bond acceptors (Lipinski definition) is 3. The van der Waals surface area contributed by atoms with Crippen LogP contribution < -0.4 is 5.32 Å². The highest BCUT2D eigenvalue weighted by atomic mass is 16.3. The van der Waals surface area contributed by atoms with Crippen LogP contribution in [0, 0.1) is 6.92 Å². The number of rotatable bonds is 2. The Labute approximate surface area is 105 Å². The molecular weight excluding hydrogens is 230 g/mol. The molecule has 3 N–H and O–H groups in total. The van der Waals surface area contributed by atoms with Gasteiger partial charge in [-0.1, -0.05) is 12.1 Å². The lowest BCUT2D eigenvalue weighted by Gasteiger charge is -2.09. The van der Waals surface area contributed by atoms with Crippen LogP contribution in [0.1, 0.15) is 15.9 Å². The summed E-state index contributed by atoms with van der Waals surface area (Å²) in [6.07, 6.45) is 0. The maximum Gasteiger partial charge on any atom is 0.255 e. The molecule has 0 saturated heterocycles. The van der Waals surface area contributed by atoms with Crippen molar-refractivity contribution < 1.29 is 15.0 Å². The number of nitrogens with one attached hydrogen (secondary N) is 1. The minimum atomic E-state index is -0.334. The van der Waals surface area contributed by atoms with Crippen LogP contribution in [0.5, 0.6) is 11.5 Å². The number of anilines is 1. The van der Waals surface area contributed by atoms with Crippen molar-refractivity contribution in [2.45, 2.75) is 6.92 Å². The predicted octanol–water partition coefficient (Wildman–Crippen LogP) is 2.66. The molecule has 0 radical (unpaired) electrons. The molecule has 0 bridgehead atoms. The molecule has 0 heterocycles. The largest absolute Gasteiger partial charge is 0.508 e. The number of aromatic hydroxyl groups is 2. The highest BCUT2D eigenvalue weighted by Gasteiger charge is 2.09. The van der Waals surface area contributed by atoms with Crippen LogP contribution in [0.4, 0.5) is 5.69 Å². The van der Waals surface area contributed by atoms with Crippen LogP contribution in [0.25, 0.3) is 0 Å². The molecule has 2 aromatic carbocycles. The molecule has 2 aromatic rings. The molecule has 4 heteroatoms. The van der Waals surface area contributed by atoms with E-state index in [0.717, 1.165) is 0 Å². The Morgan fingerprint density at radius 1 is 1.11 bits per heavy atom. The molecule has 0 spiro atoms. The van der Waals surface area contributed by atoms with Gasteiger partial charge < -0.3 is 15.5 Å². The summed E-state index contributed by atoms with van der Waals surface area (Å²) >= 11 is 0. The maximum atomic E-state index is 11.9. The first-order valence-corrected chi connectivity index (χ1v) is 5.47. The molecule has 0 fully saturated rings. The molecule has 4 nitrogen and oxygen atoms in total. The van der Waals surface area contributed by atoms with E-state index in [1.807, 2.05) is 0 Å². The van der Waals surface area contributed by atoms with Crippen molar-refractivity contribution in [1.82, 2.24) is 0 Å². The molecule has 0 aliphatic rings. The van der Waals surface area contributed by atoms with E-state index >= 15 is 0 Å². The van der Waals surface area contributed by atoms with E-state index in [1.165, 1.54) is 12.1 Å². The molecule has 0 aliphatic carbocycles. The molecule has 18 heavy (non-hydrogen) atoms. The minimum Gasteiger partial charge on any atom is -0.508 e. The number of carbonyl (C=O) groups is 1. The molecule has 1 amide bonds. The zero-order valence-electron chi connectivity index (χ0n) is 9.84. The number of phenols is 2. The number of benzene rings is 2. The van der Waals surface area contributed by atoms with Crippen molar-refractivity contribution in [1.29, 1.82) is 0 Å². The van der Waals surface area contributed by atoms with Gasteiger partial charge >= 0.3 is 0 Å². The molecular formula is C14H13NO3. The summed E-state index contributed by atoms with van der Waals surface area (Å²) in [5, 5.41) is 21.5. The second-order valence-corrected chi connectivity index (χ2v) is 3.95. The lowest BCUT2D eigenvalue weighted by atomic mass is 10.1.